The summed E-state index contributed by atoms with van der Waals surface area (Å²) >= 11 is 0. The van der Waals surface area contributed by atoms with Gasteiger partial charge in [-0.25, -0.2) is 0 Å². The number of Topliss-reactive ketones (excluding diaryl/α,β-unsaturated/α-hetero) is 1. The summed E-state index contributed by atoms with van der Waals surface area (Å²) in [6, 6.07) is 14.7. The fourth-order valence-electron chi connectivity index (χ4n) is 3.11. The predicted molar refractivity (Wildman–Crippen MR) is 111 cm³/mol. The topological polar surface area (TPSA) is 61.9 Å². The average molecular weight is 381 g/mol. The zero-order valence-electron chi connectivity index (χ0n) is 16.5. The van der Waals surface area contributed by atoms with Gasteiger partial charge in [0.15, 0.2) is 12.4 Å². The molecule has 0 aromatic heterocycles. The monoisotopic (exact) mass is 381 g/mol. The fraction of sp³-hybridized carbons (Fsp3) is 0.364. The molecule has 0 bridgehead atoms. The molecule has 1 fully saturated rings. The fourth-order valence-corrected chi connectivity index (χ4v) is 3.11. The van der Waals surface area contributed by atoms with Crippen LogP contribution in [0.2, 0.25) is 0 Å². The van der Waals surface area contributed by atoms with E-state index in [2.05, 4.69) is 22.2 Å². The number of rotatable bonds is 7. The van der Waals surface area contributed by atoms with E-state index < -0.39 is 0 Å². The first-order chi connectivity index (χ1) is 13.5. The number of nitrogens with zero attached hydrogens (tertiary/aromatic N) is 2. The molecule has 1 N–H and O–H groups in total. The highest BCUT2D eigenvalue weighted by molar-refractivity contribution is 5.96. The van der Waals surface area contributed by atoms with Crippen LogP contribution in [0.4, 0.5) is 11.4 Å². The number of anilines is 2. The third-order valence-electron chi connectivity index (χ3n) is 4.89. The van der Waals surface area contributed by atoms with Crippen molar-refractivity contribution in [1.29, 1.82) is 0 Å². The largest absolute Gasteiger partial charge is 0.484 e. The molecule has 0 spiro atoms. The van der Waals surface area contributed by atoms with E-state index in [4.69, 9.17) is 4.74 Å². The van der Waals surface area contributed by atoms with Gasteiger partial charge in [0, 0.05) is 49.5 Å². The van der Waals surface area contributed by atoms with Gasteiger partial charge in [0.2, 0.25) is 0 Å². The number of nitrogens with one attached hydrogen (secondary N) is 1. The van der Waals surface area contributed by atoms with Gasteiger partial charge in [-0.3, -0.25) is 9.59 Å². The van der Waals surface area contributed by atoms with Crippen molar-refractivity contribution in [2.24, 2.45) is 0 Å². The lowest BCUT2D eigenvalue weighted by atomic mass is 10.1. The summed E-state index contributed by atoms with van der Waals surface area (Å²) < 4.78 is 5.50. The molecule has 2 aromatic rings. The second kappa shape index (κ2) is 9.37. The van der Waals surface area contributed by atoms with Crippen molar-refractivity contribution in [2.45, 2.75) is 13.3 Å². The van der Waals surface area contributed by atoms with E-state index in [0.717, 1.165) is 31.9 Å². The lowest BCUT2D eigenvalue weighted by molar-refractivity contribution is -0.118. The number of hydrogen-bond donors (Lipinski definition) is 1. The summed E-state index contributed by atoms with van der Waals surface area (Å²) in [6.07, 6.45) is 0.468. The lowest BCUT2D eigenvalue weighted by Crippen LogP contribution is -2.44. The number of hydrogen-bond acceptors (Lipinski definition) is 5. The number of carbonyl (C=O) groups is 2. The minimum absolute atomic E-state index is 0.0821. The molecule has 1 aliphatic heterocycles. The zero-order valence-corrected chi connectivity index (χ0v) is 16.5. The van der Waals surface area contributed by atoms with Crippen LogP contribution in [-0.4, -0.2) is 56.4 Å². The molecule has 1 saturated heterocycles. The maximum Gasteiger partial charge on any atom is 0.262 e. The molecule has 28 heavy (non-hydrogen) atoms. The molecule has 6 nitrogen and oxygen atoms in total. The van der Waals surface area contributed by atoms with Crippen LogP contribution in [-0.2, 0) is 4.79 Å². The highest BCUT2D eigenvalue weighted by Gasteiger charge is 2.14. The van der Waals surface area contributed by atoms with E-state index in [1.165, 1.54) is 5.69 Å². The third-order valence-corrected chi connectivity index (χ3v) is 4.89. The number of amides is 1. The van der Waals surface area contributed by atoms with Gasteiger partial charge >= 0.3 is 0 Å². The molecule has 0 atom stereocenters. The highest BCUT2D eigenvalue weighted by Crippen LogP contribution is 2.19. The Morgan fingerprint density at radius 2 is 1.61 bits per heavy atom. The molecule has 1 amide bonds. The summed E-state index contributed by atoms with van der Waals surface area (Å²) in [5.74, 6) is 0.429. The van der Waals surface area contributed by atoms with Gasteiger partial charge in [0.05, 0.1) is 0 Å². The average Bonchev–Trinajstić information content (AvgIpc) is 2.73. The molecule has 0 saturated carbocycles. The van der Waals surface area contributed by atoms with Gasteiger partial charge in [0.25, 0.3) is 5.91 Å². The molecular formula is C22H27N3O3. The number of ketones is 1. The second-order valence-corrected chi connectivity index (χ2v) is 6.98. The van der Waals surface area contributed by atoms with Crippen LogP contribution in [0.1, 0.15) is 23.7 Å². The first kappa shape index (κ1) is 19.9. The number of benzene rings is 2. The first-order valence-electron chi connectivity index (χ1n) is 9.64. The second-order valence-electron chi connectivity index (χ2n) is 6.98. The summed E-state index contributed by atoms with van der Waals surface area (Å²) in [7, 11) is 2.14. The molecule has 3 rings (SSSR count). The summed E-state index contributed by atoms with van der Waals surface area (Å²) in [5.41, 5.74) is 2.57. The van der Waals surface area contributed by atoms with E-state index in [9.17, 15) is 9.59 Å². The predicted octanol–water partition coefficient (Wildman–Crippen LogP) is 3.05. The van der Waals surface area contributed by atoms with Crippen LogP contribution in [0.25, 0.3) is 0 Å². The van der Waals surface area contributed by atoms with Gasteiger partial charge in [-0.15, -0.1) is 0 Å². The summed E-state index contributed by atoms with van der Waals surface area (Å²) in [6.45, 7) is 5.89. The van der Waals surface area contributed by atoms with E-state index in [-0.39, 0.29) is 18.3 Å². The van der Waals surface area contributed by atoms with Crippen molar-refractivity contribution in [1.82, 2.24) is 4.90 Å². The number of piperazine rings is 1. The van der Waals surface area contributed by atoms with Crippen LogP contribution < -0.4 is 15.0 Å². The lowest BCUT2D eigenvalue weighted by Gasteiger charge is -2.34. The van der Waals surface area contributed by atoms with Crippen LogP contribution in [0.15, 0.2) is 48.5 Å². The van der Waals surface area contributed by atoms with Crippen LogP contribution >= 0.6 is 0 Å². The Labute approximate surface area is 166 Å². The minimum Gasteiger partial charge on any atom is -0.484 e. The van der Waals surface area contributed by atoms with Gasteiger partial charge in [-0.2, -0.15) is 0 Å². The molecule has 1 aliphatic rings. The highest BCUT2D eigenvalue weighted by atomic mass is 16.5. The van der Waals surface area contributed by atoms with E-state index in [1.54, 1.807) is 24.3 Å². The van der Waals surface area contributed by atoms with E-state index in [1.807, 2.05) is 31.2 Å². The summed E-state index contributed by atoms with van der Waals surface area (Å²) in [4.78, 5) is 28.4. The maximum absolute atomic E-state index is 12.1. The van der Waals surface area contributed by atoms with Crippen molar-refractivity contribution < 1.29 is 14.3 Å². The SMILES string of the molecule is CCC(=O)c1ccc(OCC(=O)Nc2ccc(N3CCN(C)CC3)cc2)cc1. The Morgan fingerprint density at radius 3 is 2.21 bits per heavy atom. The Balaban J connectivity index is 1.47. The Morgan fingerprint density at radius 1 is 0.964 bits per heavy atom. The Kier molecular flexibility index (Phi) is 6.66. The molecule has 6 heteroatoms. The number of ether oxygens (including phenoxy) is 1. The third kappa shape index (κ3) is 5.33. The van der Waals surface area contributed by atoms with Crippen LogP contribution in [0.3, 0.4) is 0 Å². The quantitative estimate of drug-likeness (QED) is 0.747. The Bertz CT molecular complexity index is 795. The molecule has 2 aromatic carbocycles. The standard InChI is InChI=1S/C22H27N3O3/c1-3-21(26)17-4-10-20(11-5-17)28-16-22(27)23-18-6-8-19(9-7-18)25-14-12-24(2)13-15-25/h4-11H,3,12-16H2,1-2H3,(H,23,27). The number of carbonyl (C=O) groups excluding carboxylic acids is 2. The van der Waals surface area contributed by atoms with Crippen LogP contribution in [0.5, 0.6) is 5.75 Å². The Hall–Kier alpha value is -2.86. The normalized spacial score (nSPS) is 14.6. The van der Waals surface area contributed by atoms with Crippen molar-refractivity contribution in [3.8, 4) is 5.75 Å². The van der Waals surface area contributed by atoms with E-state index in [0.29, 0.717) is 17.7 Å². The van der Waals surface area contributed by atoms with Gasteiger partial charge in [-0.1, -0.05) is 6.92 Å². The molecular weight excluding hydrogens is 354 g/mol. The van der Waals surface area contributed by atoms with Crippen molar-refractivity contribution in [3.05, 3.63) is 54.1 Å². The molecule has 0 aliphatic carbocycles. The van der Waals surface area contributed by atoms with Crippen LogP contribution in [0, 0.1) is 0 Å². The van der Waals surface area contributed by atoms with E-state index >= 15 is 0 Å². The molecule has 0 unspecified atom stereocenters. The van der Waals surface area contributed by atoms with Gasteiger partial charge in [0.1, 0.15) is 5.75 Å². The van der Waals surface area contributed by atoms with Crippen molar-refractivity contribution >= 4 is 23.1 Å². The van der Waals surface area contributed by atoms with Crippen molar-refractivity contribution in [2.75, 3.05) is 50.1 Å². The number of likely N-dealkylation sites (N-methyl/N-ethyl adjacent to an activating group) is 1. The van der Waals surface area contributed by atoms with Gasteiger partial charge in [-0.05, 0) is 55.6 Å². The molecule has 1 heterocycles. The minimum atomic E-state index is -0.221. The maximum atomic E-state index is 12.1. The zero-order chi connectivity index (χ0) is 19.9. The summed E-state index contributed by atoms with van der Waals surface area (Å²) in [5, 5.41) is 2.84. The smallest absolute Gasteiger partial charge is 0.262 e. The molecule has 0 radical (unpaired) electrons. The molecule has 148 valence electrons. The van der Waals surface area contributed by atoms with Crippen molar-refractivity contribution in [3.63, 3.8) is 0 Å². The first-order valence-corrected chi connectivity index (χ1v) is 9.64. The van der Waals surface area contributed by atoms with Gasteiger partial charge < -0.3 is 19.9 Å².